The van der Waals surface area contributed by atoms with Crippen LogP contribution in [-0.2, 0) is 11.4 Å². The van der Waals surface area contributed by atoms with E-state index in [1.165, 1.54) is 0 Å². The molecule has 0 bridgehead atoms. The van der Waals surface area contributed by atoms with E-state index in [4.69, 9.17) is 16.4 Å². The molecule has 4 heteroatoms. The van der Waals surface area contributed by atoms with Gasteiger partial charge in [-0.15, -0.1) is 0 Å². The van der Waals surface area contributed by atoms with Crippen LogP contribution < -0.4 is 0 Å². The summed E-state index contributed by atoms with van der Waals surface area (Å²) in [7, 11) is 0. The standard InChI is InChI=1S/C19H13ClN2O/c20-14-9-7-13(8-10-14)12-23-22-19-16-5-2-1-4-15(16)18-17(19)6-3-11-21-18/h1-11H,12H2. The Morgan fingerprint density at radius 3 is 2.43 bits per heavy atom. The van der Waals surface area contributed by atoms with Gasteiger partial charge in [0.15, 0.2) is 0 Å². The highest BCUT2D eigenvalue weighted by Crippen LogP contribution is 2.34. The van der Waals surface area contributed by atoms with Crippen LogP contribution in [-0.4, -0.2) is 10.7 Å². The number of oxime groups is 1. The summed E-state index contributed by atoms with van der Waals surface area (Å²) in [6.45, 7) is 0.401. The zero-order valence-electron chi connectivity index (χ0n) is 12.2. The lowest BCUT2D eigenvalue weighted by Crippen LogP contribution is -2.00. The molecule has 1 heterocycles. The van der Waals surface area contributed by atoms with E-state index in [9.17, 15) is 0 Å². The molecule has 0 radical (unpaired) electrons. The largest absolute Gasteiger partial charge is 0.390 e. The zero-order valence-corrected chi connectivity index (χ0v) is 13.0. The zero-order chi connectivity index (χ0) is 15.6. The molecule has 0 fully saturated rings. The molecular weight excluding hydrogens is 308 g/mol. The average molecular weight is 321 g/mol. The van der Waals surface area contributed by atoms with Crippen LogP contribution in [0.1, 0.15) is 16.7 Å². The number of halogens is 1. The highest BCUT2D eigenvalue weighted by atomic mass is 35.5. The van der Waals surface area contributed by atoms with Crippen molar-refractivity contribution in [1.29, 1.82) is 0 Å². The lowest BCUT2D eigenvalue weighted by molar-refractivity contribution is 0.131. The first kappa shape index (κ1) is 14.0. The molecule has 0 saturated carbocycles. The van der Waals surface area contributed by atoms with Crippen molar-refractivity contribution in [2.75, 3.05) is 0 Å². The second-order valence-corrected chi connectivity index (χ2v) is 5.72. The summed E-state index contributed by atoms with van der Waals surface area (Å²) in [6.07, 6.45) is 1.80. The van der Waals surface area contributed by atoms with Crippen LogP contribution in [0.2, 0.25) is 5.02 Å². The molecule has 0 saturated heterocycles. The van der Waals surface area contributed by atoms with Gasteiger partial charge in [-0.2, -0.15) is 0 Å². The minimum absolute atomic E-state index is 0.401. The topological polar surface area (TPSA) is 34.5 Å². The van der Waals surface area contributed by atoms with Gasteiger partial charge in [-0.1, -0.05) is 53.2 Å². The number of hydrogen-bond acceptors (Lipinski definition) is 3. The average Bonchev–Trinajstić information content (AvgIpc) is 2.91. The van der Waals surface area contributed by atoms with E-state index in [1.54, 1.807) is 6.20 Å². The van der Waals surface area contributed by atoms with Gasteiger partial charge in [-0.3, -0.25) is 4.98 Å². The third-order valence-electron chi connectivity index (χ3n) is 3.80. The van der Waals surface area contributed by atoms with Gasteiger partial charge in [0.05, 0.1) is 5.69 Å². The van der Waals surface area contributed by atoms with Crippen LogP contribution in [0.3, 0.4) is 0 Å². The normalized spacial score (nSPS) is 13.7. The predicted octanol–water partition coefficient (Wildman–Crippen LogP) is 4.68. The number of hydrogen-bond donors (Lipinski definition) is 0. The molecule has 3 aromatic rings. The highest BCUT2D eigenvalue weighted by Gasteiger charge is 2.25. The summed E-state index contributed by atoms with van der Waals surface area (Å²) in [6, 6.07) is 19.6. The van der Waals surface area contributed by atoms with Gasteiger partial charge < -0.3 is 4.84 Å². The van der Waals surface area contributed by atoms with E-state index in [0.29, 0.717) is 11.6 Å². The summed E-state index contributed by atoms with van der Waals surface area (Å²) in [5, 5.41) is 5.08. The summed E-state index contributed by atoms with van der Waals surface area (Å²) < 4.78 is 0. The summed E-state index contributed by atoms with van der Waals surface area (Å²) >= 11 is 5.89. The Morgan fingerprint density at radius 1 is 0.870 bits per heavy atom. The number of fused-ring (bicyclic) bond motifs is 3. The maximum atomic E-state index is 5.89. The molecule has 1 aliphatic rings. The Bertz CT molecular complexity index is 840. The number of nitrogens with zero attached hydrogens (tertiary/aromatic N) is 2. The Kier molecular flexibility index (Phi) is 3.56. The van der Waals surface area contributed by atoms with Crippen molar-refractivity contribution in [3.8, 4) is 11.3 Å². The van der Waals surface area contributed by atoms with Crippen LogP contribution in [0.25, 0.3) is 11.3 Å². The molecule has 0 amide bonds. The minimum Gasteiger partial charge on any atom is -0.390 e. The van der Waals surface area contributed by atoms with Crippen LogP contribution in [0, 0.1) is 0 Å². The van der Waals surface area contributed by atoms with Crippen molar-refractivity contribution in [2.45, 2.75) is 6.61 Å². The number of rotatable bonds is 3. The molecule has 0 spiro atoms. The first-order valence-electron chi connectivity index (χ1n) is 7.32. The highest BCUT2D eigenvalue weighted by molar-refractivity contribution is 6.30. The van der Waals surface area contributed by atoms with Gasteiger partial charge in [0.2, 0.25) is 0 Å². The Labute approximate surface area is 139 Å². The van der Waals surface area contributed by atoms with E-state index < -0.39 is 0 Å². The smallest absolute Gasteiger partial charge is 0.142 e. The second-order valence-electron chi connectivity index (χ2n) is 5.28. The van der Waals surface area contributed by atoms with E-state index >= 15 is 0 Å². The second kappa shape index (κ2) is 5.86. The molecule has 1 aliphatic carbocycles. The third-order valence-corrected chi connectivity index (χ3v) is 4.05. The molecule has 0 N–H and O–H groups in total. The first-order valence-corrected chi connectivity index (χ1v) is 7.70. The molecule has 0 atom stereocenters. The van der Waals surface area contributed by atoms with Crippen molar-refractivity contribution in [3.05, 3.63) is 88.6 Å². The van der Waals surface area contributed by atoms with Gasteiger partial charge >= 0.3 is 0 Å². The van der Waals surface area contributed by atoms with Gasteiger partial charge in [-0.25, -0.2) is 0 Å². The molecule has 4 rings (SSSR count). The molecule has 2 aromatic carbocycles. The van der Waals surface area contributed by atoms with Crippen molar-refractivity contribution in [1.82, 2.24) is 4.98 Å². The SMILES string of the molecule is Clc1ccc(CON=C2c3ccccc3-c3ncccc32)cc1. The lowest BCUT2D eigenvalue weighted by Gasteiger charge is -2.03. The fourth-order valence-electron chi connectivity index (χ4n) is 2.70. The number of pyridine rings is 1. The third kappa shape index (κ3) is 2.60. The quantitative estimate of drug-likeness (QED) is 0.513. The molecule has 0 unspecified atom stereocenters. The Balaban J connectivity index is 1.64. The van der Waals surface area contributed by atoms with Crippen LogP contribution in [0.5, 0.6) is 0 Å². The van der Waals surface area contributed by atoms with Crippen LogP contribution in [0.4, 0.5) is 0 Å². The fraction of sp³-hybridized carbons (Fsp3) is 0.0526. The maximum Gasteiger partial charge on any atom is 0.142 e. The summed E-state index contributed by atoms with van der Waals surface area (Å²) in [4.78, 5) is 10.1. The van der Waals surface area contributed by atoms with E-state index in [-0.39, 0.29) is 0 Å². The number of aromatic nitrogens is 1. The molecule has 3 nitrogen and oxygen atoms in total. The maximum absolute atomic E-state index is 5.89. The molecular formula is C19H13ClN2O. The van der Waals surface area contributed by atoms with Gasteiger partial charge in [0.1, 0.15) is 12.3 Å². The summed E-state index contributed by atoms with van der Waals surface area (Å²) in [5.74, 6) is 0. The van der Waals surface area contributed by atoms with E-state index in [2.05, 4.69) is 16.2 Å². The molecule has 112 valence electrons. The van der Waals surface area contributed by atoms with E-state index in [1.807, 2.05) is 54.6 Å². The van der Waals surface area contributed by atoms with Gasteiger partial charge in [0.25, 0.3) is 0 Å². The van der Waals surface area contributed by atoms with Crippen LogP contribution >= 0.6 is 11.6 Å². The molecule has 0 aliphatic heterocycles. The fourth-order valence-corrected chi connectivity index (χ4v) is 2.83. The Morgan fingerprint density at radius 2 is 1.61 bits per heavy atom. The van der Waals surface area contributed by atoms with Crippen molar-refractivity contribution in [2.24, 2.45) is 5.16 Å². The van der Waals surface area contributed by atoms with Gasteiger partial charge in [0, 0.05) is 27.9 Å². The van der Waals surface area contributed by atoms with E-state index in [0.717, 1.165) is 33.7 Å². The number of benzene rings is 2. The predicted molar refractivity (Wildman–Crippen MR) is 91.6 cm³/mol. The minimum atomic E-state index is 0.401. The van der Waals surface area contributed by atoms with Crippen molar-refractivity contribution >= 4 is 17.3 Å². The van der Waals surface area contributed by atoms with Crippen LogP contribution in [0.15, 0.2) is 72.0 Å². The first-order chi connectivity index (χ1) is 11.3. The van der Waals surface area contributed by atoms with Crippen molar-refractivity contribution < 1.29 is 4.84 Å². The van der Waals surface area contributed by atoms with Crippen molar-refractivity contribution in [3.63, 3.8) is 0 Å². The molecule has 23 heavy (non-hydrogen) atoms. The monoisotopic (exact) mass is 320 g/mol. The molecule has 1 aromatic heterocycles. The lowest BCUT2D eigenvalue weighted by atomic mass is 10.1. The van der Waals surface area contributed by atoms with Gasteiger partial charge in [-0.05, 0) is 29.8 Å². The summed E-state index contributed by atoms with van der Waals surface area (Å²) in [5.41, 5.74) is 5.96. The Hall–Kier alpha value is -2.65.